The molecule has 0 bridgehead atoms. The Bertz CT molecular complexity index is 844. The van der Waals surface area contributed by atoms with Gasteiger partial charge in [0, 0.05) is 61.7 Å². The number of hydrogen-bond acceptors (Lipinski definition) is 6. The molecule has 0 atom stereocenters. The first kappa shape index (κ1) is 15.4. The molecule has 1 saturated heterocycles. The largest absolute Gasteiger partial charge is 0.341 e. The molecule has 4 rings (SSSR count). The maximum absolute atomic E-state index is 12.3. The van der Waals surface area contributed by atoms with Gasteiger partial charge in [0.2, 0.25) is 17.6 Å². The van der Waals surface area contributed by atoms with Crippen LogP contribution in [0.4, 0.5) is 0 Å². The van der Waals surface area contributed by atoms with Crippen LogP contribution in [0, 0.1) is 0 Å². The van der Waals surface area contributed by atoms with E-state index in [1.807, 2.05) is 35.2 Å². The van der Waals surface area contributed by atoms with E-state index in [1.54, 1.807) is 18.6 Å². The van der Waals surface area contributed by atoms with Gasteiger partial charge in [0.25, 0.3) is 0 Å². The predicted octanol–water partition coefficient (Wildman–Crippen LogP) is 2.09. The highest BCUT2D eigenvalue weighted by molar-refractivity contribution is 5.77. The average molecular weight is 335 g/mol. The van der Waals surface area contributed by atoms with Crippen molar-refractivity contribution in [3.63, 3.8) is 0 Å². The molecule has 7 heteroatoms. The first-order valence-corrected chi connectivity index (χ1v) is 8.21. The quantitative estimate of drug-likeness (QED) is 0.710. The van der Waals surface area contributed by atoms with Gasteiger partial charge in [0.15, 0.2) is 0 Å². The van der Waals surface area contributed by atoms with Crippen molar-refractivity contribution in [3.8, 4) is 11.4 Å². The van der Waals surface area contributed by atoms with E-state index in [1.165, 1.54) is 0 Å². The summed E-state index contributed by atoms with van der Waals surface area (Å²) in [6, 6.07) is 9.56. The van der Waals surface area contributed by atoms with Crippen LogP contribution < -0.4 is 0 Å². The van der Waals surface area contributed by atoms with Gasteiger partial charge >= 0.3 is 0 Å². The molecule has 4 heterocycles. The zero-order chi connectivity index (χ0) is 17.1. The van der Waals surface area contributed by atoms with Gasteiger partial charge in [-0.15, -0.1) is 0 Å². The number of pyridine rings is 2. The normalized spacial score (nSPS) is 14.3. The van der Waals surface area contributed by atoms with Crippen molar-refractivity contribution >= 4 is 5.91 Å². The average Bonchev–Trinajstić information content (AvgIpc) is 3.09. The Morgan fingerprint density at radius 3 is 2.88 bits per heavy atom. The van der Waals surface area contributed by atoms with E-state index in [4.69, 9.17) is 4.52 Å². The van der Waals surface area contributed by atoms with Crippen molar-refractivity contribution in [1.82, 2.24) is 25.0 Å². The van der Waals surface area contributed by atoms with Crippen LogP contribution in [0.25, 0.3) is 11.4 Å². The minimum absolute atomic E-state index is 0.105. The summed E-state index contributed by atoms with van der Waals surface area (Å²) in [5.74, 6) is 1.41. The zero-order valence-electron chi connectivity index (χ0n) is 13.6. The van der Waals surface area contributed by atoms with E-state index in [9.17, 15) is 4.79 Å². The fraction of sp³-hybridized carbons (Fsp3) is 0.278. The third-order valence-electron chi connectivity index (χ3n) is 4.28. The third-order valence-corrected chi connectivity index (χ3v) is 4.28. The SMILES string of the molecule is O=C(CCc1nc(-c2cccnc2)no1)N1CC(c2ccccn2)C1. The molecule has 1 aliphatic rings. The molecule has 126 valence electrons. The van der Waals surface area contributed by atoms with E-state index in [0.29, 0.717) is 30.5 Å². The Kier molecular flexibility index (Phi) is 4.20. The van der Waals surface area contributed by atoms with Crippen LogP contribution in [0.3, 0.4) is 0 Å². The fourth-order valence-corrected chi connectivity index (χ4v) is 2.83. The molecular formula is C18H17N5O2. The molecule has 1 fully saturated rings. The third kappa shape index (κ3) is 3.40. The number of likely N-dealkylation sites (tertiary alicyclic amines) is 1. The van der Waals surface area contributed by atoms with Gasteiger partial charge in [-0.25, -0.2) is 0 Å². The van der Waals surface area contributed by atoms with Gasteiger partial charge in [-0.2, -0.15) is 4.98 Å². The molecule has 0 aliphatic carbocycles. The molecule has 0 N–H and O–H groups in total. The van der Waals surface area contributed by atoms with Gasteiger partial charge in [-0.05, 0) is 24.3 Å². The topological polar surface area (TPSA) is 85.0 Å². The van der Waals surface area contributed by atoms with Crippen molar-refractivity contribution in [2.24, 2.45) is 0 Å². The number of hydrogen-bond donors (Lipinski definition) is 0. The molecule has 0 saturated carbocycles. The minimum Gasteiger partial charge on any atom is -0.341 e. The lowest BCUT2D eigenvalue weighted by Gasteiger charge is -2.39. The molecule has 3 aromatic rings. The van der Waals surface area contributed by atoms with Crippen LogP contribution in [-0.2, 0) is 11.2 Å². The molecule has 1 amide bonds. The van der Waals surface area contributed by atoms with Crippen LogP contribution in [-0.4, -0.2) is 44.0 Å². The van der Waals surface area contributed by atoms with Gasteiger partial charge in [-0.3, -0.25) is 14.8 Å². The van der Waals surface area contributed by atoms with Crippen LogP contribution in [0.2, 0.25) is 0 Å². The number of carbonyl (C=O) groups excluding carboxylic acids is 1. The van der Waals surface area contributed by atoms with E-state index in [0.717, 1.165) is 24.3 Å². The maximum atomic E-state index is 12.3. The van der Waals surface area contributed by atoms with Gasteiger partial charge < -0.3 is 9.42 Å². The molecule has 25 heavy (non-hydrogen) atoms. The lowest BCUT2D eigenvalue weighted by molar-refractivity contribution is -0.135. The van der Waals surface area contributed by atoms with Crippen molar-refractivity contribution in [2.75, 3.05) is 13.1 Å². The Morgan fingerprint density at radius 2 is 2.12 bits per heavy atom. The number of nitrogens with zero attached hydrogens (tertiary/aromatic N) is 5. The van der Waals surface area contributed by atoms with E-state index in [2.05, 4.69) is 20.1 Å². The lowest BCUT2D eigenvalue weighted by atomic mass is 9.95. The highest BCUT2D eigenvalue weighted by atomic mass is 16.5. The minimum atomic E-state index is 0.105. The van der Waals surface area contributed by atoms with E-state index >= 15 is 0 Å². The number of carbonyl (C=O) groups is 1. The van der Waals surface area contributed by atoms with Crippen molar-refractivity contribution in [3.05, 3.63) is 60.5 Å². The van der Waals surface area contributed by atoms with Crippen molar-refractivity contribution in [2.45, 2.75) is 18.8 Å². The predicted molar refractivity (Wildman–Crippen MR) is 89.4 cm³/mol. The molecule has 0 aromatic carbocycles. The van der Waals surface area contributed by atoms with Crippen LogP contribution in [0.1, 0.15) is 23.9 Å². The summed E-state index contributed by atoms with van der Waals surface area (Å²) < 4.78 is 5.22. The highest BCUT2D eigenvalue weighted by Gasteiger charge is 2.32. The summed E-state index contributed by atoms with van der Waals surface area (Å²) in [6.45, 7) is 1.45. The molecular weight excluding hydrogens is 318 g/mol. The second-order valence-corrected chi connectivity index (χ2v) is 6.00. The Labute approximate surface area is 144 Å². The molecule has 0 spiro atoms. The standard InChI is InChI=1S/C18H17N5O2/c24-17(23-11-14(12-23)15-5-1-2-9-20-15)7-6-16-21-18(22-25-16)13-4-3-8-19-10-13/h1-5,8-10,14H,6-7,11-12H2. The molecule has 0 unspecified atom stereocenters. The van der Waals surface area contributed by atoms with Crippen LogP contribution >= 0.6 is 0 Å². The molecule has 7 nitrogen and oxygen atoms in total. The van der Waals surface area contributed by atoms with E-state index in [-0.39, 0.29) is 5.91 Å². The summed E-state index contributed by atoms with van der Waals surface area (Å²) in [7, 11) is 0. The Balaban J connectivity index is 1.28. The summed E-state index contributed by atoms with van der Waals surface area (Å²) >= 11 is 0. The van der Waals surface area contributed by atoms with Gasteiger partial charge in [0.05, 0.1) is 0 Å². The van der Waals surface area contributed by atoms with E-state index < -0.39 is 0 Å². The smallest absolute Gasteiger partial charge is 0.227 e. The summed E-state index contributed by atoms with van der Waals surface area (Å²) in [5, 5.41) is 3.94. The lowest BCUT2D eigenvalue weighted by Crippen LogP contribution is -2.48. The number of amides is 1. The van der Waals surface area contributed by atoms with Crippen molar-refractivity contribution in [1.29, 1.82) is 0 Å². The van der Waals surface area contributed by atoms with Crippen molar-refractivity contribution < 1.29 is 9.32 Å². The van der Waals surface area contributed by atoms with Gasteiger partial charge in [-0.1, -0.05) is 11.2 Å². The van der Waals surface area contributed by atoms with Crippen LogP contribution in [0.15, 0.2) is 53.4 Å². The Morgan fingerprint density at radius 1 is 1.20 bits per heavy atom. The maximum Gasteiger partial charge on any atom is 0.227 e. The fourth-order valence-electron chi connectivity index (χ4n) is 2.83. The zero-order valence-corrected chi connectivity index (χ0v) is 13.6. The first-order chi connectivity index (χ1) is 12.3. The molecule has 1 aliphatic heterocycles. The first-order valence-electron chi connectivity index (χ1n) is 8.21. The highest BCUT2D eigenvalue weighted by Crippen LogP contribution is 2.26. The molecule has 0 radical (unpaired) electrons. The number of aromatic nitrogens is 4. The number of aryl methyl sites for hydroxylation is 1. The monoisotopic (exact) mass is 335 g/mol. The summed E-state index contributed by atoms with van der Waals surface area (Å²) in [6.07, 6.45) is 5.96. The molecule has 3 aromatic heterocycles. The summed E-state index contributed by atoms with van der Waals surface area (Å²) in [4.78, 5) is 26.8. The second kappa shape index (κ2) is 6.80. The van der Waals surface area contributed by atoms with Crippen LogP contribution in [0.5, 0.6) is 0 Å². The van der Waals surface area contributed by atoms with Gasteiger partial charge in [0.1, 0.15) is 0 Å². The second-order valence-electron chi connectivity index (χ2n) is 6.00. The summed E-state index contributed by atoms with van der Waals surface area (Å²) in [5.41, 5.74) is 1.84. The Hall–Kier alpha value is -3.09. The number of rotatable bonds is 5.